The van der Waals surface area contributed by atoms with E-state index in [9.17, 15) is 4.57 Å². The molecule has 0 aromatic heterocycles. The van der Waals surface area contributed by atoms with E-state index in [1.54, 1.807) is 13.3 Å². The molecule has 70 valence electrons. The number of rotatable bonds is 1. The molecule has 0 aromatic rings. The topological polar surface area (TPSA) is 78.1 Å². The summed E-state index contributed by atoms with van der Waals surface area (Å²) in [6.07, 6.45) is 0.326. The minimum atomic E-state index is -1.87. The largest absolute Gasteiger partial charge is 2.00 e. The molecule has 0 aromatic carbocycles. The average molecular weight is 390 g/mol. The van der Waals surface area contributed by atoms with Crippen molar-refractivity contribution in [3.05, 3.63) is 0 Å². The van der Waals surface area contributed by atoms with E-state index in [4.69, 9.17) is 5.73 Å². The fraction of sp³-hybridized carbons (Fsp3) is 1.00. The molecule has 5 N–H and O–H groups in total. The molecule has 0 unspecified atom stereocenters. The Bertz CT molecular complexity index is 88.6. The number of hydrogen-bond acceptors (Lipinski definition) is 3. The molecule has 0 saturated heterocycles. The van der Waals surface area contributed by atoms with Gasteiger partial charge in [0.05, 0.1) is 7.14 Å². The summed E-state index contributed by atoms with van der Waals surface area (Å²) >= 11 is 0. The summed E-state index contributed by atoms with van der Waals surface area (Å²) in [5, 5.41) is 0. The van der Waals surface area contributed by atoms with Gasteiger partial charge in [-0.3, -0.25) is 0 Å². The number of hydrogen-bond donors (Lipinski definition) is 2. The van der Waals surface area contributed by atoms with Crippen LogP contribution in [0.4, 0.5) is 0 Å². The van der Waals surface area contributed by atoms with Gasteiger partial charge < -0.3 is 41.3 Å². The molecule has 0 aliphatic heterocycles. The molecule has 0 bridgehead atoms. The maximum Gasteiger partial charge on any atom is 2.00 e. The summed E-state index contributed by atoms with van der Waals surface area (Å²) in [6, 6.07) is 0. The molecule has 0 heterocycles. The van der Waals surface area contributed by atoms with Crippen LogP contribution in [0.15, 0.2) is 0 Å². The van der Waals surface area contributed by atoms with Crippen LogP contribution in [0.3, 0.4) is 0 Å². The normalized spacial score (nSPS) is 7.10. The van der Waals surface area contributed by atoms with Crippen molar-refractivity contribution in [2.24, 2.45) is 5.73 Å². The van der Waals surface area contributed by atoms with Crippen molar-refractivity contribution in [1.82, 2.24) is 6.15 Å². The SMILES string of the molecule is CP(C)(=O)CN.N.[Cl-].[Cl-].[Pt+2]. The van der Waals surface area contributed by atoms with Gasteiger partial charge in [0.25, 0.3) is 0 Å². The second-order valence-corrected chi connectivity index (χ2v) is 5.27. The number of halogens is 2. The van der Waals surface area contributed by atoms with Crippen LogP contribution in [0.1, 0.15) is 0 Å². The summed E-state index contributed by atoms with van der Waals surface area (Å²) in [5.74, 6) is 0. The first-order chi connectivity index (χ1) is 2.56. The Morgan fingerprint density at radius 2 is 1.40 bits per heavy atom. The van der Waals surface area contributed by atoms with Crippen LogP contribution in [-0.2, 0) is 25.6 Å². The van der Waals surface area contributed by atoms with E-state index in [0.717, 1.165) is 0 Å². The van der Waals surface area contributed by atoms with Crippen molar-refractivity contribution in [1.29, 1.82) is 0 Å². The molecule has 10 heavy (non-hydrogen) atoms. The van der Waals surface area contributed by atoms with Crippen LogP contribution in [0, 0.1) is 0 Å². The molecule has 0 aliphatic rings. The third-order valence-electron chi connectivity index (χ3n) is 0.440. The fourth-order valence-corrected chi connectivity index (χ4v) is 0. The Morgan fingerprint density at radius 3 is 1.40 bits per heavy atom. The van der Waals surface area contributed by atoms with E-state index < -0.39 is 7.14 Å². The smallest absolute Gasteiger partial charge is 1.00 e. The maximum absolute atomic E-state index is 10.5. The monoisotopic (exact) mass is 389 g/mol. The summed E-state index contributed by atoms with van der Waals surface area (Å²) in [6.45, 7) is 3.35. The van der Waals surface area contributed by atoms with Gasteiger partial charge in [-0.1, -0.05) is 0 Å². The van der Waals surface area contributed by atoms with Crippen molar-refractivity contribution in [2.45, 2.75) is 0 Å². The Hall–Kier alpha value is 1.42. The molecule has 0 aliphatic carbocycles. The van der Waals surface area contributed by atoms with Gasteiger partial charge in [0.15, 0.2) is 0 Å². The van der Waals surface area contributed by atoms with Gasteiger partial charge in [-0.2, -0.15) is 0 Å². The van der Waals surface area contributed by atoms with E-state index in [0.29, 0.717) is 6.29 Å². The standard InChI is InChI=1S/C3H10NOP.2ClH.H3N.Pt/c1-6(2,5)3-4;;;;/h3-4H2,1-2H3;2*1H;1H3;/q;;;;+2/p-2. The zero-order valence-corrected chi connectivity index (χ0v) is 10.6. The van der Waals surface area contributed by atoms with Crippen molar-refractivity contribution in [2.75, 3.05) is 19.6 Å². The van der Waals surface area contributed by atoms with E-state index in [-0.39, 0.29) is 52.0 Å². The van der Waals surface area contributed by atoms with Crippen LogP contribution in [0.2, 0.25) is 0 Å². The van der Waals surface area contributed by atoms with Crippen molar-refractivity contribution < 1.29 is 50.4 Å². The van der Waals surface area contributed by atoms with Gasteiger partial charge in [-0.05, 0) is 13.3 Å². The maximum atomic E-state index is 10.5. The molecule has 0 radical (unpaired) electrons. The molecular formula is C3H13Cl2N2OPPt. The molecule has 7 heteroatoms. The zero-order chi connectivity index (χ0) is 5.21. The van der Waals surface area contributed by atoms with Gasteiger partial charge in [0.2, 0.25) is 0 Å². The zero-order valence-electron chi connectivity index (χ0n) is 5.92. The number of nitrogens with two attached hydrogens (primary N) is 1. The van der Waals surface area contributed by atoms with Crippen molar-refractivity contribution in [3.8, 4) is 0 Å². The Morgan fingerprint density at radius 1 is 1.30 bits per heavy atom. The first-order valence-electron chi connectivity index (χ1n) is 1.80. The molecule has 0 rings (SSSR count). The van der Waals surface area contributed by atoms with Gasteiger partial charge in [-0.25, -0.2) is 0 Å². The molecule has 0 fully saturated rings. The van der Waals surface area contributed by atoms with Crippen LogP contribution in [-0.4, -0.2) is 19.6 Å². The Kier molecular flexibility index (Phi) is 39.2. The van der Waals surface area contributed by atoms with Gasteiger partial charge in [0.1, 0.15) is 0 Å². The Balaban J connectivity index is -0.0000000208. The molecular weight excluding hydrogens is 377 g/mol. The molecule has 0 saturated carbocycles. The second kappa shape index (κ2) is 13.0. The minimum Gasteiger partial charge on any atom is -1.00 e. The molecule has 0 spiro atoms. The van der Waals surface area contributed by atoms with Crippen LogP contribution in [0.5, 0.6) is 0 Å². The average Bonchev–Trinajstić information content (AvgIpc) is 1.35. The Labute approximate surface area is 88.9 Å². The predicted octanol–water partition coefficient (Wildman–Crippen LogP) is -5.31. The van der Waals surface area contributed by atoms with Crippen LogP contribution >= 0.6 is 7.14 Å². The molecule has 0 atom stereocenters. The van der Waals surface area contributed by atoms with Gasteiger partial charge in [-0.15, -0.1) is 0 Å². The van der Waals surface area contributed by atoms with E-state index >= 15 is 0 Å². The van der Waals surface area contributed by atoms with Crippen LogP contribution in [0.25, 0.3) is 0 Å². The predicted molar refractivity (Wildman–Crippen MR) is 33.5 cm³/mol. The first-order valence-corrected chi connectivity index (χ1v) is 4.59. The third-order valence-corrected chi connectivity index (χ3v) is 1.32. The summed E-state index contributed by atoms with van der Waals surface area (Å²) in [4.78, 5) is 0. The third kappa shape index (κ3) is 34.2. The molecule has 3 nitrogen and oxygen atoms in total. The van der Waals surface area contributed by atoms with Crippen LogP contribution < -0.4 is 36.7 Å². The quantitative estimate of drug-likeness (QED) is 0.440. The molecule has 0 amide bonds. The summed E-state index contributed by atoms with van der Waals surface area (Å²) < 4.78 is 10.5. The van der Waals surface area contributed by atoms with E-state index in [1.165, 1.54) is 0 Å². The second-order valence-electron chi connectivity index (χ2n) is 1.76. The van der Waals surface area contributed by atoms with Crippen molar-refractivity contribution in [3.63, 3.8) is 0 Å². The van der Waals surface area contributed by atoms with E-state index in [2.05, 4.69) is 0 Å². The minimum absolute atomic E-state index is 0. The summed E-state index contributed by atoms with van der Waals surface area (Å²) in [5.41, 5.74) is 5.04. The fourth-order valence-electron chi connectivity index (χ4n) is 0. The van der Waals surface area contributed by atoms with E-state index in [1.807, 2.05) is 0 Å². The summed E-state index contributed by atoms with van der Waals surface area (Å²) in [7, 11) is -1.87. The van der Waals surface area contributed by atoms with Gasteiger partial charge >= 0.3 is 21.1 Å². The van der Waals surface area contributed by atoms with Crippen molar-refractivity contribution >= 4 is 7.14 Å². The van der Waals surface area contributed by atoms with Gasteiger partial charge in [0, 0.05) is 6.29 Å². The first kappa shape index (κ1) is 30.1.